The molecule has 0 amide bonds. The first-order chi connectivity index (χ1) is 5.55. The molecule has 0 fully saturated rings. The van der Waals surface area contributed by atoms with Crippen molar-refractivity contribution in [2.75, 3.05) is 14.2 Å². The molecule has 0 aromatic heterocycles. The number of rotatable bonds is 6. The molecule has 0 aliphatic heterocycles. The zero-order chi connectivity index (χ0) is 9.61. The van der Waals surface area contributed by atoms with Crippen LogP contribution < -0.4 is 0 Å². The lowest BCUT2D eigenvalue weighted by Crippen LogP contribution is -2.23. The lowest BCUT2D eigenvalue weighted by molar-refractivity contribution is -0.122. The Morgan fingerprint density at radius 2 is 1.83 bits per heavy atom. The smallest absolute Gasteiger partial charge is 0.157 e. The fourth-order valence-corrected chi connectivity index (χ4v) is 1.19. The SMILES string of the molecule is C=CCC(C)(C)CC(OC)OC. The van der Waals surface area contributed by atoms with Crippen LogP contribution in [0.2, 0.25) is 0 Å². The van der Waals surface area contributed by atoms with Crippen molar-refractivity contribution >= 4 is 0 Å². The van der Waals surface area contributed by atoms with Crippen molar-refractivity contribution in [2.45, 2.75) is 33.0 Å². The van der Waals surface area contributed by atoms with E-state index in [0.717, 1.165) is 12.8 Å². The maximum Gasteiger partial charge on any atom is 0.157 e. The average molecular weight is 172 g/mol. The lowest BCUT2D eigenvalue weighted by atomic mass is 9.85. The Balaban J connectivity index is 3.92. The van der Waals surface area contributed by atoms with Gasteiger partial charge in [-0.15, -0.1) is 6.58 Å². The first-order valence-electron chi connectivity index (χ1n) is 4.22. The molecule has 0 unspecified atom stereocenters. The molecule has 0 spiro atoms. The zero-order valence-electron chi connectivity index (χ0n) is 8.59. The van der Waals surface area contributed by atoms with Crippen LogP contribution in [0.4, 0.5) is 0 Å². The summed E-state index contributed by atoms with van der Waals surface area (Å²) < 4.78 is 10.3. The number of ether oxygens (including phenoxy) is 2. The third kappa shape index (κ3) is 4.52. The Hall–Kier alpha value is -0.340. The van der Waals surface area contributed by atoms with Gasteiger partial charge in [0.1, 0.15) is 0 Å². The molecule has 2 nitrogen and oxygen atoms in total. The van der Waals surface area contributed by atoms with Crippen molar-refractivity contribution in [3.8, 4) is 0 Å². The van der Waals surface area contributed by atoms with Crippen LogP contribution in [0.3, 0.4) is 0 Å². The Bertz CT molecular complexity index is 126. The summed E-state index contributed by atoms with van der Waals surface area (Å²) in [6, 6.07) is 0. The van der Waals surface area contributed by atoms with Gasteiger partial charge in [-0.1, -0.05) is 19.9 Å². The van der Waals surface area contributed by atoms with Crippen molar-refractivity contribution < 1.29 is 9.47 Å². The van der Waals surface area contributed by atoms with Gasteiger partial charge in [0.15, 0.2) is 6.29 Å². The van der Waals surface area contributed by atoms with Crippen LogP contribution in [-0.2, 0) is 9.47 Å². The summed E-state index contributed by atoms with van der Waals surface area (Å²) >= 11 is 0. The van der Waals surface area contributed by atoms with Crippen molar-refractivity contribution in [3.63, 3.8) is 0 Å². The van der Waals surface area contributed by atoms with Crippen LogP contribution in [0.25, 0.3) is 0 Å². The molecular weight excluding hydrogens is 152 g/mol. The van der Waals surface area contributed by atoms with Gasteiger partial charge in [-0.2, -0.15) is 0 Å². The molecule has 2 heteroatoms. The Morgan fingerprint density at radius 1 is 1.33 bits per heavy atom. The molecule has 0 saturated heterocycles. The predicted octanol–water partition coefficient (Wildman–Crippen LogP) is 2.60. The molecule has 0 radical (unpaired) electrons. The van der Waals surface area contributed by atoms with E-state index in [-0.39, 0.29) is 11.7 Å². The van der Waals surface area contributed by atoms with E-state index in [4.69, 9.17) is 9.47 Å². The molecule has 0 saturated carbocycles. The highest BCUT2D eigenvalue weighted by molar-refractivity contribution is 4.80. The minimum Gasteiger partial charge on any atom is -0.356 e. The van der Waals surface area contributed by atoms with Crippen LogP contribution in [0.15, 0.2) is 12.7 Å². The molecule has 72 valence electrons. The quantitative estimate of drug-likeness (QED) is 0.453. The molecule has 0 aliphatic carbocycles. The van der Waals surface area contributed by atoms with Crippen LogP contribution in [0, 0.1) is 5.41 Å². The minimum absolute atomic E-state index is 0.0973. The van der Waals surface area contributed by atoms with Gasteiger partial charge in [0.05, 0.1) is 0 Å². The standard InChI is InChI=1S/C10H20O2/c1-6-7-10(2,3)8-9(11-4)12-5/h6,9H,1,7-8H2,2-5H3. The van der Waals surface area contributed by atoms with Crippen LogP contribution in [0.5, 0.6) is 0 Å². The van der Waals surface area contributed by atoms with Crippen molar-refractivity contribution in [1.82, 2.24) is 0 Å². The van der Waals surface area contributed by atoms with Gasteiger partial charge < -0.3 is 9.47 Å². The fourth-order valence-electron chi connectivity index (χ4n) is 1.19. The molecule has 12 heavy (non-hydrogen) atoms. The largest absolute Gasteiger partial charge is 0.356 e. The monoisotopic (exact) mass is 172 g/mol. The highest BCUT2D eigenvalue weighted by Gasteiger charge is 2.21. The van der Waals surface area contributed by atoms with Gasteiger partial charge >= 0.3 is 0 Å². The average Bonchev–Trinajstić information content (AvgIpc) is 2.00. The Kier molecular flexibility index (Phi) is 5.18. The molecule has 0 aromatic carbocycles. The third-order valence-electron chi connectivity index (χ3n) is 1.94. The van der Waals surface area contributed by atoms with Gasteiger partial charge in [0.25, 0.3) is 0 Å². The highest BCUT2D eigenvalue weighted by atomic mass is 16.7. The third-order valence-corrected chi connectivity index (χ3v) is 1.94. The van der Waals surface area contributed by atoms with Crippen molar-refractivity contribution in [1.29, 1.82) is 0 Å². The van der Waals surface area contributed by atoms with E-state index in [0.29, 0.717) is 0 Å². The molecule has 0 bridgehead atoms. The molecule has 0 heterocycles. The zero-order valence-corrected chi connectivity index (χ0v) is 8.59. The van der Waals surface area contributed by atoms with E-state index in [1.807, 2.05) is 6.08 Å². The molecule has 0 aromatic rings. The fraction of sp³-hybridized carbons (Fsp3) is 0.800. The summed E-state index contributed by atoms with van der Waals surface area (Å²) in [5.74, 6) is 0. The number of methoxy groups -OCH3 is 2. The first-order valence-corrected chi connectivity index (χ1v) is 4.22. The predicted molar refractivity (Wildman–Crippen MR) is 51.0 cm³/mol. The number of hydrogen-bond acceptors (Lipinski definition) is 2. The van der Waals surface area contributed by atoms with Gasteiger partial charge in [-0.25, -0.2) is 0 Å². The number of hydrogen-bond donors (Lipinski definition) is 0. The van der Waals surface area contributed by atoms with Gasteiger partial charge in [-0.05, 0) is 11.8 Å². The maximum atomic E-state index is 5.13. The lowest BCUT2D eigenvalue weighted by Gasteiger charge is -2.26. The van der Waals surface area contributed by atoms with Gasteiger partial charge in [0, 0.05) is 20.6 Å². The second-order valence-electron chi connectivity index (χ2n) is 3.76. The van der Waals surface area contributed by atoms with E-state index in [2.05, 4.69) is 20.4 Å². The molecular formula is C10H20O2. The van der Waals surface area contributed by atoms with Crippen LogP contribution in [-0.4, -0.2) is 20.5 Å². The number of allylic oxidation sites excluding steroid dienone is 1. The Morgan fingerprint density at radius 3 is 2.17 bits per heavy atom. The molecule has 0 aliphatic rings. The second-order valence-corrected chi connectivity index (χ2v) is 3.76. The molecule has 0 N–H and O–H groups in total. The van der Waals surface area contributed by atoms with E-state index >= 15 is 0 Å². The van der Waals surface area contributed by atoms with Gasteiger partial charge in [-0.3, -0.25) is 0 Å². The van der Waals surface area contributed by atoms with Gasteiger partial charge in [0.2, 0.25) is 0 Å². The summed E-state index contributed by atoms with van der Waals surface area (Å²) in [6.07, 6.45) is 3.71. The summed E-state index contributed by atoms with van der Waals surface area (Å²) in [5.41, 5.74) is 0.207. The molecule has 0 atom stereocenters. The highest BCUT2D eigenvalue weighted by Crippen LogP contribution is 2.27. The topological polar surface area (TPSA) is 18.5 Å². The second kappa shape index (κ2) is 5.33. The molecule has 0 rings (SSSR count). The van der Waals surface area contributed by atoms with Crippen LogP contribution in [0.1, 0.15) is 26.7 Å². The van der Waals surface area contributed by atoms with Crippen molar-refractivity contribution in [2.24, 2.45) is 5.41 Å². The van der Waals surface area contributed by atoms with Crippen molar-refractivity contribution in [3.05, 3.63) is 12.7 Å². The van der Waals surface area contributed by atoms with E-state index in [1.54, 1.807) is 14.2 Å². The van der Waals surface area contributed by atoms with Crippen LogP contribution >= 0.6 is 0 Å². The normalized spacial score (nSPS) is 12.1. The van der Waals surface area contributed by atoms with E-state index in [1.165, 1.54) is 0 Å². The summed E-state index contributed by atoms with van der Waals surface area (Å²) in [7, 11) is 3.33. The Labute approximate surface area is 75.6 Å². The van der Waals surface area contributed by atoms with E-state index in [9.17, 15) is 0 Å². The first kappa shape index (κ1) is 11.7. The van der Waals surface area contributed by atoms with E-state index < -0.39 is 0 Å². The summed E-state index contributed by atoms with van der Waals surface area (Å²) in [4.78, 5) is 0. The maximum absolute atomic E-state index is 5.13. The summed E-state index contributed by atoms with van der Waals surface area (Å²) in [5, 5.41) is 0. The minimum atomic E-state index is -0.0973. The summed E-state index contributed by atoms with van der Waals surface area (Å²) in [6.45, 7) is 8.08.